The molecule has 7 nitrogen and oxygen atoms in total. The van der Waals surface area contributed by atoms with E-state index in [1.807, 2.05) is 0 Å². The molecule has 0 aromatic heterocycles. The molecule has 0 aliphatic heterocycles. The lowest BCUT2D eigenvalue weighted by Crippen LogP contribution is -2.17. The minimum absolute atomic E-state index is 0.187. The van der Waals surface area contributed by atoms with Gasteiger partial charge in [0.05, 0.1) is 16.5 Å². The molecular formula is C15H14BrN3O4. The highest BCUT2D eigenvalue weighted by Gasteiger charge is 2.17. The minimum atomic E-state index is -0.537. The number of nitrogens with one attached hydrogen (secondary N) is 2. The van der Waals surface area contributed by atoms with E-state index < -0.39 is 4.92 Å². The Balaban J connectivity index is 2.39. The third-order valence-electron chi connectivity index (χ3n) is 3.11. The summed E-state index contributed by atoms with van der Waals surface area (Å²) in [5.41, 5.74) is 0.944. The molecule has 0 aliphatic rings. The van der Waals surface area contributed by atoms with Crippen molar-refractivity contribution in [2.24, 2.45) is 0 Å². The number of nitro groups is 1. The van der Waals surface area contributed by atoms with Gasteiger partial charge in [-0.3, -0.25) is 14.9 Å². The second-order valence-electron chi connectivity index (χ2n) is 4.54. The standard InChI is InChI=1S/C15H14BrN3O4/c1-17-15(20)9-3-6-12(13(7-9)19(21)22)18-10-4-5-11(16)14(8-10)23-2/h3-8,18H,1-2H3,(H,17,20). The fourth-order valence-electron chi connectivity index (χ4n) is 1.97. The van der Waals surface area contributed by atoms with Gasteiger partial charge in [0.1, 0.15) is 11.4 Å². The number of nitrogens with zero attached hydrogens (tertiary/aromatic N) is 1. The smallest absolute Gasteiger partial charge is 0.293 e. The van der Waals surface area contributed by atoms with Crippen molar-refractivity contribution in [3.63, 3.8) is 0 Å². The zero-order chi connectivity index (χ0) is 17.0. The topological polar surface area (TPSA) is 93.5 Å². The molecule has 0 aliphatic carbocycles. The van der Waals surface area contributed by atoms with Crippen LogP contribution >= 0.6 is 15.9 Å². The number of carbonyl (C=O) groups excluding carboxylic acids is 1. The maximum Gasteiger partial charge on any atom is 0.293 e. The molecular weight excluding hydrogens is 366 g/mol. The molecule has 0 unspecified atom stereocenters. The Morgan fingerprint density at radius 3 is 2.61 bits per heavy atom. The number of ether oxygens (including phenoxy) is 1. The zero-order valence-electron chi connectivity index (χ0n) is 12.4. The highest BCUT2D eigenvalue weighted by atomic mass is 79.9. The fraction of sp³-hybridized carbons (Fsp3) is 0.133. The van der Waals surface area contributed by atoms with Crippen LogP contribution in [0.3, 0.4) is 0 Å². The van der Waals surface area contributed by atoms with E-state index in [9.17, 15) is 14.9 Å². The number of halogens is 1. The maximum absolute atomic E-state index is 11.6. The Morgan fingerprint density at radius 2 is 2.00 bits per heavy atom. The number of hydrogen-bond donors (Lipinski definition) is 2. The van der Waals surface area contributed by atoms with E-state index in [0.29, 0.717) is 11.4 Å². The fourth-order valence-corrected chi connectivity index (χ4v) is 2.38. The van der Waals surface area contributed by atoms with Gasteiger partial charge in [-0.2, -0.15) is 0 Å². The van der Waals surface area contributed by atoms with Crippen LogP contribution in [-0.4, -0.2) is 25.0 Å². The predicted octanol–water partition coefficient (Wildman–Crippen LogP) is 3.47. The normalized spacial score (nSPS) is 10.0. The van der Waals surface area contributed by atoms with E-state index in [1.165, 1.54) is 32.4 Å². The molecule has 2 aromatic carbocycles. The number of methoxy groups -OCH3 is 1. The molecule has 0 radical (unpaired) electrons. The average molecular weight is 380 g/mol. The number of carbonyl (C=O) groups is 1. The summed E-state index contributed by atoms with van der Waals surface area (Å²) in [4.78, 5) is 22.3. The molecule has 0 bridgehead atoms. The SMILES string of the molecule is CNC(=O)c1ccc(Nc2ccc(Br)c(OC)c2)c([N+](=O)[O-])c1. The molecule has 0 atom stereocenters. The van der Waals surface area contributed by atoms with Crippen molar-refractivity contribution in [1.29, 1.82) is 0 Å². The van der Waals surface area contributed by atoms with E-state index >= 15 is 0 Å². The molecule has 0 heterocycles. The van der Waals surface area contributed by atoms with Crippen LogP contribution < -0.4 is 15.4 Å². The number of anilines is 2. The van der Waals surface area contributed by atoms with Crippen molar-refractivity contribution in [3.8, 4) is 5.75 Å². The predicted molar refractivity (Wildman–Crippen MR) is 90.5 cm³/mol. The van der Waals surface area contributed by atoms with Crippen molar-refractivity contribution < 1.29 is 14.5 Å². The van der Waals surface area contributed by atoms with Gasteiger partial charge in [0.2, 0.25) is 0 Å². The zero-order valence-corrected chi connectivity index (χ0v) is 14.0. The van der Waals surface area contributed by atoms with Gasteiger partial charge in [-0.1, -0.05) is 0 Å². The van der Waals surface area contributed by atoms with E-state index in [0.717, 1.165) is 4.47 Å². The molecule has 0 fully saturated rings. The average Bonchev–Trinajstić information content (AvgIpc) is 2.55. The van der Waals surface area contributed by atoms with Crippen LogP contribution in [0.25, 0.3) is 0 Å². The summed E-state index contributed by atoms with van der Waals surface area (Å²) in [7, 11) is 3.00. The first-order valence-electron chi connectivity index (χ1n) is 6.57. The van der Waals surface area contributed by atoms with Gasteiger partial charge in [0.25, 0.3) is 11.6 Å². The Bertz CT molecular complexity index is 764. The lowest BCUT2D eigenvalue weighted by molar-refractivity contribution is -0.383. The van der Waals surface area contributed by atoms with Gasteiger partial charge < -0.3 is 15.4 Å². The first-order valence-corrected chi connectivity index (χ1v) is 7.36. The molecule has 2 rings (SSSR count). The molecule has 0 saturated heterocycles. The van der Waals surface area contributed by atoms with Gasteiger partial charge in [0.15, 0.2) is 0 Å². The lowest BCUT2D eigenvalue weighted by atomic mass is 10.1. The van der Waals surface area contributed by atoms with Crippen LogP contribution in [-0.2, 0) is 0 Å². The summed E-state index contributed by atoms with van der Waals surface area (Å²) in [6, 6.07) is 9.48. The summed E-state index contributed by atoms with van der Waals surface area (Å²) in [6.45, 7) is 0. The van der Waals surface area contributed by atoms with Gasteiger partial charge in [0, 0.05) is 30.4 Å². The summed E-state index contributed by atoms with van der Waals surface area (Å²) in [6.07, 6.45) is 0. The van der Waals surface area contributed by atoms with Crippen LogP contribution in [0.4, 0.5) is 17.1 Å². The van der Waals surface area contributed by atoms with Gasteiger partial charge >= 0.3 is 0 Å². The van der Waals surface area contributed by atoms with E-state index in [-0.39, 0.29) is 22.8 Å². The van der Waals surface area contributed by atoms with Crippen LogP contribution in [0, 0.1) is 10.1 Å². The first-order chi connectivity index (χ1) is 11.0. The third-order valence-corrected chi connectivity index (χ3v) is 3.77. The summed E-state index contributed by atoms with van der Waals surface area (Å²) in [5, 5.41) is 16.7. The first kappa shape index (κ1) is 16.8. The Labute approximate surface area is 140 Å². The third kappa shape index (κ3) is 3.78. The Morgan fingerprint density at radius 1 is 1.26 bits per heavy atom. The van der Waals surface area contributed by atoms with Crippen LogP contribution in [0.2, 0.25) is 0 Å². The van der Waals surface area contributed by atoms with Gasteiger partial charge in [-0.25, -0.2) is 0 Å². The molecule has 1 amide bonds. The molecule has 120 valence electrons. The van der Waals surface area contributed by atoms with Crippen molar-refractivity contribution in [1.82, 2.24) is 5.32 Å². The van der Waals surface area contributed by atoms with E-state index in [1.54, 1.807) is 18.2 Å². The summed E-state index contributed by atoms with van der Waals surface area (Å²) >= 11 is 3.34. The van der Waals surface area contributed by atoms with Crippen LogP contribution in [0.5, 0.6) is 5.75 Å². The van der Waals surface area contributed by atoms with Crippen LogP contribution in [0.15, 0.2) is 40.9 Å². The highest BCUT2D eigenvalue weighted by molar-refractivity contribution is 9.10. The quantitative estimate of drug-likeness (QED) is 0.612. The monoisotopic (exact) mass is 379 g/mol. The van der Waals surface area contributed by atoms with Crippen LogP contribution in [0.1, 0.15) is 10.4 Å². The molecule has 2 N–H and O–H groups in total. The highest BCUT2D eigenvalue weighted by Crippen LogP contribution is 2.32. The maximum atomic E-state index is 11.6. The van der Waals surface area contributed by atoms with Crippen molar-refractivity contribution in [3.05, 3.63) is 56.5 Å². The second-order valence-corrected chi connectivity index (χ2v) is 5.40. The molecule has 8 heteroatoms. The summed E-state index contributed by atoms with van der Waals surface area (Å²) < 4.78 is 5.97. The Hall–Kier alpha value is -2.61. The van der Waals surface area contributed by atoms with Crippen molar-refractivity contribution in [2.45, 2.75) is 0 Å². The van der Waals surface area contributed by atoms with Gasteiger partial charge in [-0.05, 0) is 40.2 Å². The Kier molecular flexibility index (Phi) is 5.17. The largest absolute Gasteiger partial charge is 0.495 e. The molecule has 0 saturated carbocycles. The van der Waals surface area contributed by atoms with E-state index in [2.05, 4.69) is 26.6 Å². The number of hydrogen-bond acceptors (Lipinski definition) is 5. The van der Waals surface area contributed by atoms with Crippen molar-refractivity contribution in [2.75, 3.05) is 19.5 Å². The summed E-state index contributed by atoms with van der Waals surface area (Å²) in [5.74, 6) is 0.213. The number of nitro benzene ring substituents is 1. The number of amides is 1. The van der Waals surface area contributed by atoms with E-state index in [4.69, 9.17) is 4.74 Å². The number of rotatable bonds is 5. The number of benzene rings is 2. The molecule has 0 spiro atoms. The lowest BCUT2D eigenvalue weighted by Gasteiger charge is -2.10. The van der Waals surface area contributed by atoms with Gasteiger partial charge in [-0.15, -0.1) is 0 Å². The minimum Gasteiger partial charge on any atom is -0.495 e. The molecule has 2 aromatic rings. The van der Waals surface area contributed by atoms with Crippen molar-refractivity contribution >= 4 is 38.9 Å². The second kappa shape index (κ2) is 7.10. The molecule has 23 heavy (non-hydrogen) atoms.